The minimum atomic E-state index is -0.615. The fourth-order valence-corrected chi connectivity index (χ4v) is 1.41. The molecule has 0 saturated carbocycles. The second kappa shape index (κ2) is 5.40. The number of amides is 1. The zero-order valence-corrected chi connectivity index (χ0v) is 9.14. The SMILES string of the molecule is O=C(Nc1ccc2c(c1)OCCO2)OCCO. The second-order valence-electron chi connectivity index (χ2n) is 3.34. The summed E-state index contributed by atoms with van der Waals surface area (Å²) in [4.78, 5) is 11.2. The number of hydrogen-bond donors (Lipinski definition) is 2. The van der Waals surface area contributed by atoms with Crippen molar-refractivity contribution in [2.24, 2.45) is 0 Å². The van der Waals surface area contributed by atoms with Crippen molar-refractivity contribution < 1.29 is 24.1 Å². The van der Waals surface area contributed by atoms with E-state index >= 15 is 0 Å². The molecule has 2 rings (SSSR count). The van der Waals surface area contributed by atoms with Gasteiger partial charge in [-0.2, -0.15) is 0 Å². The van der Waals surface area contributed by atoms with Crippen LogP contribution in [-0.2, 0) is 4.74 Å². The second-order valence-corrected chi connectivity index (χ2v) is 3.34. The molecule has 1 aliphatic heterocycles. The molecule has 0 bridgehead atoms. The Morgan fingerprint density at radius 3 is 2.88 bits per heavy atom. The Morgan fingerprint density at radius 2 is 2.12 bits per heavy atom. The van der Waals surface area contributed by atoms with Crippen LogP contribution in [0.15, 0.2) is 18.2 Å². The van der Waals surface area contributed by atoms with Crippen LogP contribution in [0.3, 0.4) is 0 Å². The van der Waals surface area contributed by atoms with Crippen LogP contribution in [0.4, 0.5) is 10.5 Å². The lowest BCUT2D eigenvalue weighted by Gasteiger charge is -2.18. The molecule has 1 amide bonds. The largest absolute Gasteiger partial charge is 0.486 e. The van der Waals surface area contributed by atoms with Gasteiger partial charge in [-0.05, 0) is 12.1 Å². The van der Waals surface area contributed by atoms with Gasteiger partial charge in [-0.1, -0.05) is 0 Å². The highest BCUT2D eigenvalue weighted by atomic mass is 16.6. The van der Waals surface area contributed by atoms with E-state index in [0.717, 1.165) is 0 Å². The third kappa shape index (κ3) is 3.01. The summed E-state index contributed by atoms with van der Waals surface area (Å²) in [7, 11) is 0. The number of hydrogen-bond acceptors (Lipinski definition) is 5. The molecule has 17 heavy (non-hydrogen) atoms. The summed E-state index contributed by atoms with van der Waals surface area (Å²) in [6.45, 7) is 0.786. The van der Waals surface area contributed by atoms with Crippen molar-refractivity contribution in [3.05, 3.63) is 18.2 Å². The van der Waals surface area contributed by atoms with Gasteiger partial charge in [0.2, 0.25) is 0 Å². The lowest BCUT2D eigenvalue weighted by Crippen LogP contribution is -2.17. The zero-order valence-electron chi connectivity index (χ0n) is 9.14. The normalized spacial score (nSPS) is 13.0. The maximum atomic E-state index is 11.2. The quantitative estimate of drug-likeness (QED) is 0.822. The van der Waals surface area contributed by atoms with E-state index < -0.39 is 6.09 Å². The van der Waals surface area contributed by atoms with Gasteiger partial charge in [0.25, 0.3) is 0 Å². The smallest absolute Gasteiger partial charge is 0.411 e. The molecule has 0 radical (unpaired) electrons. The summed E-state index contributed by atoms with van der Waals surface area (Å²) in [5, 5.41) is 11.0. The number of rotatable bonds is 3. The van der Waals surface area contributed by atoms with Gasteiger partial charge in [-0.3, -0.25) is 5.32 Å². The van der Waals surface area contributed by atoms with Crippen molar-refractivity contribution in [2.75, 3.05) is 31.7 Å². The van der Waals surface area contributed by atoms with Crippen LogP contribution in [0.25, 0.3) is 0 Å². The van der Waals surface area contributed by atoms with Gasteiger partial charge in [0.15, 0.2) is 11.5 Å². The molecule has 0 fully saturated rings. The number of carbonyl (C=O) groups excluding carboxylic acids is 1. The fraction of sp³-hybridized carbons (Fsp3) is 0.364. The first-order chi connectivity index (χ1) is 8.29. The number of nitrogens with one attached hydrogen (secondary N) is 1. The highest BCUT2D eigenvalue weighted by Crippen LogP contribution is 2.32. The van der Waals surface area contributed by atoms with Crippen molar-refractivity contribution in [1.29, 1.82) is 0 Å². The predicted molar refractivity (Wildman–Crippen MR) is 59.5 cm³/mol. The van der Waals surface area contributed by atoms with Gasteiger partial charge in [-0.25, -0.2) is 4.79 Å². The fourth-order valence-electron chi connectivity index (χ4n) is 1.41. The third-order valence-electron chi connectivity index (χ3n) is 2.11. The molecular weight excluding hydrogens is 226 g/mol. The lowest BCUT2D eigenvalue weighted by atomic mass is 10.2. The molecule has 0 aromatic heterocycles. The Labute approximate surface area is 98.1 Å². The van der Waals surface area contributed by atoms with Crippen LogP contribution < -0.4 is 14.8 Å². The molecule has 6 nitrogen and oxygen atoms in total. The topological polar surface area (TPSA) is 77.0 Å². The van der Waals surface area contributed by atoms with Crippen molar-refractivity contribution in [1.82, 2.24) is 0 Å². The molecule has 0 aliphatic carbocycles. The van der Waals surface area contributed by atoms with Crippen molar-refractivity contribution >= 4 is 11.8 Å². The third-order valence-corrected chi connectivity index (χ3v) is 2.11. The average Bonchev–Trinajstić information content (AvgIpc) is 2.36. The molecule has 0 unspecified atom stereocenters. The van der Waals surface area contributed by atoms with Gasteiger partial charge in [0.05, 0.1) is 6.61 Å². The summed E-state index contributed by atoms with van der Waals surface area (Å²) in [5.74, 6) is 1.25. The highest BCUT2D eigenvalue weighted by molar-refractivity contribution is 5.85. The van der Waals surface area contributed by atoms with E-state index in [1.165, 1.54) is 0 Å². The molecule has 1 aromatic rings. The van der Waals surface area contributed by atoms with Gasteiger partial charge in [0.1, 0.15) is 19.8 Å². The van der Waals surface area contributed by atoms with Crippen LogP contribution in [0.1, 0.15) is 0 Å². The maximum absolute atomic E-state index is 11.2. The number of carbonyl (C=O) groups is 1. The lowest BCUT2D eigenvalue weighted by molar-refractivity contribution is 0.131. The molecule has 0 atom stereocenters. The molecule has 92 valence electrons. The molecule has 2 N–H and O–H groups in total. The standard InChI is InChI=1S/C11H13NO5/c13-3-4-17-11(14)12-8-1-2-9-10(7-8)16-6-5-15-9/h1-2,7,13H,3-6H2,(H,12,14). The van der Waals surface area contributed by atoms with Crippen LogP contribution >= 0.6 is 0 Å². The maximum Gasteiger partial charge on any atom is 0.411 e. The van der Waals surface area contributed by atoms with Crippen molar-refractivity contribution in [3.8, 4) is 11.5 Å². The summed E-state index contributed by atoms with van der Waals surface area (Å²) in [6, 6.07) is 5.07. The van der Waals surface area contributed by atoms with E-state index in [2.05, 4.69) is 10.1 Å². The average molecular weight is 239 g/mol. The Balaban J connectivity index is 1.99. The van der Waals surface area contributed by atoms with E-state index in [-0.39, 0.29) is 13.2 Å². The number of fused-ring (bicyclic) bond motifs is 1. The summed E-state index contributed by atoms with van der Waals surface area (Å²) in [5.41, 5.74) is 0.553. The van der Waals surface area contributed by atoms with E-state index in [1.807, 2.05) is 0 Å². The van der Waals surface area contributed by atoms with Gasteiger partial charge >= 0.3 is 6.09 Å². The Hall–Kier alpha value is -1.95. The Kier molecular flexibility index (Phi) is 3.66. The number of anilines is 1. The summed E-state index contributed by atoms with van der Waals surface area (Å²) in [6.07, 6.45) is -0.615. The van der Waals surface area contributed by atoms with Crippen LogP contribution in [0.5, 0.6) is 11.5 Å². The Morgan fingerprint density at radius 1 is 1.35 bits per heavy atom. The molecule has 0 saturated heterocycles. The number of benzene rings is 1. The van der Waals surface area contributed by atoms with Crippen molar-refractivity contribution in [2.45, 2.75) is 0 Å². The molecule has 1 heterocycles. The van der Waals surface area contributed by atoms with E-state index in [4.69, 9.17) is 14.6 Å². The Bertz CT molecular complexity index is 407. The molecule has 1 aliphatic rings. The first-order valence-electron chi connectivity index (χ1n) is 5.24. The van der Waals surface area contributed by atoms with E-state index in [9.17, 15) is 4.79 Å². The van der Waals surface area contributed by atoms with E-state index in [0.29, 0.717) is 30.4 Å². The number of ether oxygens (including phenoxy) is 3. The first-order valence-corrected chi connectivity index (χ1v) is 5.24. The first kappa shape index (κ1) is 11.5. The van der Waals surface area contributed by atoms with E-state index in [1.54, 1.807) is 18.2 Å². The highest BCUT2D eigenvalue weighted by Gasteiger charge is 2.12. The molecule has 6 heteroatoms. The van der Waals surface area contributed by atoms with Crippen LogP contribution in [-0.4, -0.2) is 37.6 Å². The predicted octanol–water partition coefficient (Wildman–Crippen LogP) is 0.999. The van der Waals surface area contributed by atoms with Gasteiger partial charge < -0.3 is 19.3 Å². The molecular formula is C11H13NO5. The number of aliphatic hydroxyl groups excluding tert-OH is 1. The minimum Gasteiger partial charge on any atom is -0.486 e. The molecule has 0 spiro atoms. The van der Waals surface area contributed by atoms with Gasteiger partial charge in [-0.15, -0.1) is 0 Å². The van der Waals surface area contributed by atoms with Crippen LogP contribution in [0.2, 0.25) is 0 Å². The molecule has 1 aromatic carbocycles. The monoisotopic (exact) mass is 239 g/mol. The number of aliphatic hydroxyl groups is 1. The van der Waals surface area contributed by atoms with Crippen LogP contribution in [0, 0.1) is 0 Å². The summed E-state index contributed by atoms with van der Waals surface area (Å²) >= 11 is 0. The van der Waals surface area contributed by atoms with Gasteiger partial charge in [0, 0.05) is 11.8 Å². The summed E-state index contributed by atoms with van der Waals surface area (Å²) < 4.78 is 15.4. The zero-order chi connectivity index (χ0) is 12.1. The minimum absolute atomic E-state index is 0.0314. The van der Waals surface area contributed by atoms with Crippen molar-refractivity contribution in [3.63, 3.8) is 0 Å².